The first-order chi connectivity index (χ1) is 16.1. The Morgan fingerprint density at radius 3 is 2.41 bits per heavy atom. The third-order valence-corrected chi connectivity index (χ3v) is 6.54. The Labute approximate surface area is 194 Å². The molecule has 2 heterocycles. The molecule has 0 saturated carbocycles. The summed E-state index contributed by atoms with van der Waals surface area (Å²) in [4.78, 5) is 27.3. The number of carbonyl (C=O) groups is 2. The fourth-order valence-electron chi connectivity index (χ4n) is 4.34. The lowest BCUT2D eigenvalue weighted by Crippen LogP contribution is -2.47. The summed E-state index contributed by atoms with van der Waals surface area (Å²) in [7, 11) is 0. The van der Waals surface area contributed by atoms with E-state index in [0.717, 1.165) is 12.1 Å². The second-order valence-corrected chi connectivity index (χ2v) is 8.82. The predicted octanol–water partition coefficient (Wildman–Crippen LogP) is 4.10. The highest BCUT2D eigenvalue weighted by atomic mass is 19.4. The maximum Gasteiger partial charge on any atom is 0.416 e. The number of fused-ring (bicyclic) bond motifs is 1. The van der Waals surface area contributed by atoms with Crippen LogP contribution in [0.25, 0.3) is 0 Å². The van der Waals surface area contributed by atoms with Crippen molar-refractivity contribution >= 4 is 11.8 Å². The summed E-state index contributed by atoms with van der Waals surface area (Å²) >= 11 is 0. The van der Waals surface area contributed by atoms with E-state index in [4.69, 9.17) is 14.7 Å². The van der Waals surface area contributed by atoms with E-state index in [-0.39, 0.29) is 24.6 Å². The van der Waals surface area contributed by atoms with Gasteiger partial charge in [0.15, 0.2) is 0 Å². The van der Waals surface area contributed by atoms with E-state index in [9.17, 15) is 22.8 Å². The second-order valence-electron chi connectivity index (χ2n) is 8.82. The van der Waals surface area contributed by atoms with Crippen molar-refractivity contribution in [3.8, 4) is 5.75 Å². The van der Waals surface area contributed by atoms with Crippen molar-refractivity contribution in [2.45, 2.75) is 38.5 Å². The van der Waals surface area contributed by atoms with E-state index >= 15 is 0 Å². The van der Waals surface area contributed by atoms with Gasteiger partial charge in [0, 0.05) is 24.3 Å². The maximum atomic E-state index is 13.8. The van der Waals surface area contributed by atoms with Gasteiger partial charge in [0.2, 0.25) is 5.91 Å². The first kappa shape index (κ1) is 24.0. The number of alkyl halides is 3. The van der Waals surface area contributed by atoms with Gasteiger partial charge in [-0.1, -0.05) is 25.1 Å². The van der Waals surface area contributed by atoms with E-state index < -0.39 is 29.1 Å². The Hall–Kier alpha value is -3.11. The predicted molar refractivity (Wildman–Crippen MR) is 114 cm³/mol. The Morgan fingerprint density at radius 2 is 1.79 bits per heavy atom. The van der Waals surface area contributed by atoms with Crippen LogP contribution < -0.4 is 10.2 Å². The highest BCUT2D eigenvalue weighted by Gasteiger charge is 2.42. The van der Waals surface area contributed by atoms with Crippen molar-refractivity contribution in [1.29, 1.82) is 0 Å². The molecule has 2 N–H and O–H groups in total. The summed E-state index contributed by atoms with van der Waals surface area (Å²) in [5.41, 5.74) is 1.44. The Balaban J connectivity index is 1.72. The number of nitrogens with one attached hydrogen (secondary N) is 1. The highest BCUT2D eigenvalue weighted by molar-refractivity contribution is 5.94. The van der Waals surface area contributed by atoms with Gasteiger partial charge in [-0.15, -0.1) is 0 Å². The number of ether oxygens (including phenoxy) is 2. The Morgan fingerprint density at radius 1 is 1.12 bits per heavy atom. The summed E-state index contributed by atoms with van der Waals surface area (Å²) in [6.07, 6.45) is -3.40. The van der Waals surface area contributed by atoms with Crippen molar-refractivity contribution in [2.24, 2.45) is 5.41 Å². The number of benzene rings is 2. The van der Waals surface area contributed by atoms with Crippen LogP contribution in [0.2, 0.25) is 0 Å². The number of hydrogen-bond donors (Lipinski definition) is 2. The lowest BCUT2D eigenvalue weighted by Gasteiger charge is -2.39. The monoisotopic (exact) mass is 478 g/mol. The van der Waals surface area contributed by atoms with Gasteiger partial charge < -0.3 is 14.4 Å². The van der Waals surface area contributed by atoms with Crippen LogP contribution in [0.5, 0.6) is 5.75 Å². The zero-order valence-electron chi connectivity index (χ0n) is 18.5. The molecule has 1 unspecified atom stereocenters. The van der Waals surface area contributed by atoms with E-state index in [1.165, 1.54) is 24.3 Å². The number of hydroxylamine groups is 1. The molecule has 0 bridgehead atoms. The van der Waals surface area contributed by atoms with Crippen molar-refractivity contribution in [3.05, 3.63) is 64.7 Å². The average Bonchev–Trinajstić information content (AvgIpc) is 3.02. The van der Waals surface area contributed by atoms with Crippen LogP contribution in [0.3, 0.4) is 0 Å². The lowest BCUT2D eigenvalue weighted by atomic mass is 9.80. The van der Waals surface area contributed by atoms with Crippen molar-refractivity contribution in [2.75, 3.05) is 19.8 Å². The van der Waals surface area contributed by atoms with Crippen molar-refractivity contribution < 1.29 is 37.4 Å². The zero-order valence-corrected chi connectivity index (χ0v) is 18.5. The quantitative estimate of drug-likeness (QED) is 0.512. The second kappa shape index (κ2) is 9.27. The minimum Gasteiger partial charge on any atom is -0.491 e. The van der Waals surface area contributed by atoms with Gasteiger partial charge in [-0.05, 0) is 42.7 Å². The number of carbonyl (C=O) groups excluding carboxylic acids is 2. The topological polar surface area (TPSA) is 88.1 Å². The van der Waals surface area contributed by atoms with Crippen LogP contribution in [0, 0.1) is 5.41 Å². The third kappa shape index (κ3) is 4.74. The third-order valence-electron chi connectivity index (χ3n) is 6.54. The van der Waals surface area contributed by atoms with Crippen LogP contribution in [-0.4, -0.2) is 41.7 Å². The molecular weight excluding hydrogens is 453 g/mol. The van der Waals surface area contributed by atoms with Gasteiger partial charge in [-0.25, -0.2) is 5.48 Å². The molecule has 7 nitrogen and oxygen atoms in total. The fraction of sp³-hybridized carbons (Fsp3) is 0.417. The molecule has 0 radical (unpaired) electrons. The first-order valence-corrected chi connectivity index (χ1v) is 10.9. The molecule has 1 atom stereocenters. The van der Waals surface area contributed by atoms with E-state index in [1.807, 2.05) is 6.92 Å². The largest absolute Gasteiger partial charge is 0.491 e. The minimum atomic E-state index is -4.47. The van der Waals surface area contributed by atoms with Crippen LogP contribution in [0.15, 0.2) is 42.5 Å². The molecular formula is C24H25F3N2O5. The Kier molecular flexibility index (Phi) is 6.55. The number of hydrogen-bond acceptors (Lipinski definition) is 5. The van der Waals surface area contributed by atoms with Crippen LogP contribution in [0.4, 0.5) is 13.2 Å². The standard InChI is InChI=1S/C24H25F3N2O5/c1-23(8-10-33-11-9-23)22(31)29-13-17-3-2-16(21(30)28-32)12-20(17)34-14-19(29)15-4-6-18(7-5-15)24(25,26)27/h2-7,12,19,32H,8-11,13-14H2,1H3,(H,28,30). The molecule has 10 heteroatoms. The van der Waals surface area contributed by atoms with E-state index in [1.54, 1.807) is 16.4 Å². The molecule has 0 aliphatic carbocycles. The smallest absolute Gasteiger partial charge is 0.416 e. The molecule has 182 valence electrons. The van der Waals surface area contributed by atoms with Gasteiger partial charge in [0.25, 0.3) is 5.91 Å². The van der Waals surface area contributed by atoms with Gasteiger partial charge in [0.1, 0.15) is 12.4 Å². The van der Waals surface area contributed by atoms with Gasteiger partial charge in [0.05, 0.1) is 23.6 Å². The lowest BCUT2D eigenvalue weighted by molar-refractivity contribution is -0.150. The van der Waals surface area contributed by atoms with Crippen LogP contribution in [-0.2, 0) is 22.3 Å². The summed E-state index contributed by atoms with van der Waals surface area (Å²) in [5, 5.41) is 8.92. The molecule has 34 heavy (non-hydrogen) atoms. The highest BCUT2D eigenvalue weighted by Crippen LogP contribution is 2.39. The minimum absolute atomic E-state index is 0.0130. The summed E-state index contributed by atoms with van der Waals surface area (Å²) in [6, 6.07) is 8.69. The van der Waals surface area contributed by atoms with Gasteiger partial charge >= 0.3 is 6.18 Å². The van der Waals surface area contributed by atoms with Crippen molar-refractivity contribution in [3.63, 3.8) is 0 Å². The molecule has 2 aromatic rings. The summed E-state index contributed by atoms with van der Waals surface area (Å²) in [5.74, 6) is -0.475. The normalized spacial score (nSPS) is 20.0. The molecule has 4 rings (SSSR count). The number of halogens is 3. The first-order valence-electron chi connectivity index (χ1n) is 10.9. The Bertz CT molecular complexity index is 1070. The van der Waals surface area contributed by atoms with Crippen LogP contribution in [0.1, 0.15) is 52.9 Å². The average molecular weight is 478 g/mol. The van der Waals surface area contributed by atoms with E-state index in [0.29, 0.717) is 42.9 Å². The molecule has 1 fully saturated rings. The molecule has 0 spiro atoms. The number of amides is 2. The van der Waals surface area contributed by atoms with E-state index in [2.05, 4.69) is 0 Å². The SMILES string of the molecule is CC1(C(=O)N2Cc3ccc(C(=O)NO)cc3OCC2c2ccc(C(F)(F)F)cc2)CCOCC1. The van der Waals surface area contributed by atoms with Crippen molar-refractivity contribution in [1.82, 2.24) is 10.4 Å². The molecule has 1 saturated heterocycles. The van der Waals surface area contributed by atoms with Gasteiger partial charge in [-0.3, -0.25) is 14.8 Å². The molecule has 0 aromatic heterocycles. The fourth-order valence-corrected chi connectivity index (χ4v) is 4.34. The molecule has 2 aliphatic rings. The zero-order chi connectivity index (χ0) is 24.5. The molecule has 2 amide bonds. The summed E-state index contributed by atoms with van der Waals surface area (Å²) < 4.78 is 50.6. The molecule has 2 aromatic carbocycles. The maximum absolute atomic E-state index is 13.8. The summed E-state index contributed by atoms with van der Waals surface area (Å²) in [6.45, 7) is 2.92. The van der Waals surface area contributed by atoms with Crippen LogP contribution >= 0.6 is 0 Å². The van der Waals surface area contributed by atoms with Gasteiger partial charge in [-0.2, -0.15) is 13.2 Å². The molecule has 2 aliphatic heterocycles. The number of rotatable bonds is 3. The number of nitrogens with zero attached hydrogens (tertiary/aromatic N) is 1.